The number of fused-ring (bicyclic) bond motifs is 3. The van der Waals surface area contributed by atoms with Crippen LogP contribution >= 0.6 is 0 Å². The molecule has 0 saturated carbocycles. The van der Waals surface area contributed by atoms with Crippen LogP contribution in [0.1, 0.15) is 49.9 Å². The van der Waals surface area contributed by atoms with Crippen LogP contribution in [0.2, 0.25) is 0 Å². The van der Waals surface area contributed by atoms with E-state index in [-0.39, 0.29) is 11.6 Å². The first kappa shape index (κ1) is 18.8. The highest BCUT2D eigenvalue weighted by molar-refractivity contribution is 7.93. The first-order valence-electron chi connectivity index (χ1n) is 9.35. The van der Waals surface area contributed by atoms with E-state index in [0.29, 0.717) is 0 Å². The number of hydrogen-bond acceptors (Lipinski definition) is 4. The molecule has 0 aromatic heterocycles. The first-order valence-corrected chi connectivity index (χ1v) is 11.0. The number of nitrogens with two attached hydrogens (primary N) is 1. The van der Waals surface area contributed by atoms with Crippen molar-refractivity contribution in [1.29, 1.82) is 0 Å². The van der Waals surface area contributed by atoms with Crippen LogP contribution in [0.3, 0.4) is 0 Å². The predicted octanol–water partition coefficient (Wildman–Crippen LogP) is 3.41. The molecule has 0 spiro atoms. The Labute approximate surface area is 166 Å². The number of amidine groups is 1. The molecule has 0 saturated heterocycles. The second-order valence-electron chi connectivity index (χ2n) is 8.34. The van der Waals surface area contributed by atoms with E-state index in [1.54, 1.807) is 13.8 Å². The maximum Gasteiger partial charge on any atom is 0.165 e. The van der Waals surface area contributed by atoms with E-state index in [4.69, 9.17) is 5.73 Å². The molecule has 1 aliphatic heterocycles. The zero-order valence-electron chi connectivity index (χ0n) is 16.6. The van der Waals surface area contributed by atoms with Crippen LogP contribution in [0, 0.1) is 11.8 Å². The Balaban J connectivity index is 1.85. The lowest BCUT2D eigenvalue weighted by molar-refractivity contribution is 0.501. The maximum absolute atomic E-state index is 12.9. The summed E-state index contributed by atoms with van der Waals surface area (Å²) in [6.07, 6.45) is 0.873. The van der Waals surface area contributed by atoms with Crippen molar-refractivity contribution in [1.82, 2.24) is 0 Å². The van der Waals surface area contributed by atoms with Gasteiger partial charge in [0.25, 0.3) is 0 Å². The monoisotopic (exact) mass is 392 g/mol. The Kier molecular flexibility index (Phi) is 3.99. The van der Waals surface area contributed by atoms with E-state index in [2.05, 4.69) is 41.1 Å². The van der Waals surface area contributed by atoms with E-state index >= 15 is 0 Å². The Bertz CT molecular complexity index is 1200. The minimum atomic E-state index is -3.43. The van der Waals surface area contributed by atoms with Crippen molar-refractivity contribution in [2.24, 2.45) is 10.7 Å². The number of sulfone groups is 1. The van der Waals surface area contributed by atoms with Crippen LogP contribution in [0.5, 0.6) is 0 Å². The number of hydrogen-bond donors (Lipinski definition) is 1. The fourth-order valence-corrected chi connectivity index (χ4v) is 5.71. The lowest BCUT2D eigenvalue weighted by atomic mass is 9.90. The molecule has 1 aliphatic carbocycles. The third kappa shape index (κ3) is 2.67. The molecule has 1 heterocycles. The highest BCUT2D eigenvalue weighted by Crippen LogP contribution is 2.42. The van der Waals surface area contributed by atoms with Gasteiger partial charge in [-0.3, -0.25) is 4.99 Å². The smallest absolute Gasteiger partial charge is 0.165 e. The lowest BCUT2D eigenvalue weighted by Gasteiger charge is -2.38. The molecule has 2 aromatic rings. The van der Waals surface area contributed by atoms with E-state index in [1.165, 1.54) is 11.1 Å². The SMILES string of the molecule is CC#Cc1ccc2c(c1)-c1cc([C@]3(C)CS(=O)(=O)C(C)(C)C(N)=N3)ccc1C2. The van der Waals surface area contributed by atoms with Crippen molar-refractivity contribution in [2.75, 3.05) is 5.75 Å². The van der Waals surface area contributed by atoms with Gasteiger partial charge in [-0.15, -0.1) is 5.92 Å². The van der Waals surface area contributed by atoms with Gasteiger partial charge in [-0.25, -0.2) is 8.42 Å². The Hall–Kier alpha value is -2.58. The molecule has 4 rings (SSSR count). The molecule has 2 aliphatic rings. The Morgan fingerprint density at radius 2 is 1.68 bits per heavy atom. The van der Waals surface area contributed by atoms with Gasteiger partial charge in [0, 0.05) is 5.56 Å². The predicted molar refractivity (Wildman–Crippen MR) is 114 cm³/mol. The molecule has 0 radical (unpaired) electrons. The molecule has 1 atom stereocenters. The summed E-state index contributed by atoms with van der Waals surface area (Å²) in [5, 5.41) is 0. The highest BCUT2D eigenvalue weighted by atomic mass is 32.2. The molecule has 5 heteroatoms. The standard InChI is InChI=1S/C23H24N2O2S/c1-5-6-15-7-8-16-12-17-9-10-18(13-20(17)19(16)11-15)23(4)14-28(26,27)22(2,3)21(24)25-23/h7-11,13H,12,14H2,1-4H3,(H2,24,25)/t23-/m0/s1. The van der Waals surface area contributed by atoms with Crippen molar-refractivity contribution in [3.63, 3.8) is 0 Å². The quantitative estimate of drug-likeness (QED) is 0.645. The summed E-state index contributed by atoms with van der Waals surface area (Å²) >= 11 is 0. The van der Waals surface area contributed by atoms with Gasteiger partial charge in [-0.1, -0.05) is 24.1 Å². The minimum Gasteiger partial charge on any atom is -0.386 e. The summed E-state index contributed by atoms with van der Waals surface area (Å²) in [4.78, 5) is 4.65. The molecular weight excluding hydrogens is 368 g/mol. The van der Waals surface area contributed by atoms with Crippen molar-refractivity contribution >= 4 is 15.7 Å². The second kappa shape index (κ2) is 5.96. The van der Waals surface area contributed by atoms with Crippen LogP contribution in [0.4, 0.5) is 0 Å². The van der Waals surface area contributed by atoms with Crippen LogP contribution in [0.15, 0.2) is 41.4 Å². The molecule has 0 bridgehead atoms. The fraction of sp³-hybridized carbons (Fsp3) is 0.348. The van der Waals surface area contributed by atoms with Crippen LogP contribution in [0.25, 0.3) is 11.1 Å². The highest BCUT2D eigenvalue weighted by Gasteiger charge is 2.48. The van der Waals surface area contributed by atoms with Gasteiger partial charge < -0.3 is 5.73 Å². The number of benzene rings is 2. The molecule has 2 aromatic carbocycles. The van der Waals surface area contributed by atoms with Crippen LogP contribution in [-0.4, -0.2) is 24.8 Å². The van der Waals surface area contributed by atoms with Gasteiger partial charge in [0.2, 0.25) is 0 Å². The van der Waals surface area contributed by atoms with E-state index in [9.17, 15) is 8.42 Å². The molecule has 0 unspecified atom stereocenters. The van der Waals surface area contributed by atoms with Crippen LogP contribution < -0.4 is 5.73 Å². The average Bonchev–Trinajstić information content (AvgIpc) is 2.97. The largest absolute Gasteiger partial charge is 0.386 e. The van der Waals surface area contributed by atoms with Gasteiger partial charge >= 0.3 is 0 Å². The van der Waals surface area contributed by atoms with E-state index < -0.39 is 20.1 Å². The summed E-state index contributed by atoms with van der Waals surface area (Å²) in [5.41, 5.74) is 11.8. The van der Waals surface area contributed by atoms with Crippen molar-refractivity contribution in [3.8, 4) is 23.0 Å². The Morgan fingerprint density at radius 3 is 2.32 bits per heavy atom. The van der Waals surface area contributed by atoms with Crippen molar-refractivity contribution in [2.45, 2.75) is 44.4 Å². The van der Waals surface area contributed by atoms with Gasteiger partial charge in [-0.05, 0) is 80.1 Å². The van der Waals surface area contributed by atoms with E-state index in [0.717, 1.165) is 28.7 Å². The van der Waals surface area contributed by atoms with Gasteiger partial charge in [-0.2, -0.15) is 0 Å². The maximum atomic E-state index is 12.9. The number of aliphatic imine (C=N–C) groups is 1. The van der Waals surface area contributed by atoms with Crippen molar-refractivity contribution < 1.29 is 8.42 Å². The zero-order valence-corrected chi connectivity index (χ0v) is 17.4. The Morgan fingerprint density at radius 1 is 1.04 bits per heavy atom. The zero-order chi connectivity index (χ0) is 20.3. The molecule has 0 amide bonds. The minimum absolute atomic E-state index is 0.0549. The van der Waals surface area contributed by atoms with Crippen molar-refractivity contribution in [3.05, 3.63) is 58.7 Å². The summed E-state index contributed by atoms with van der Waals surface area (Å²) in [5.74, 6) is 6.17. The molecule has 144 valence electrons. The number of nitrogens with zero attached hydrogens (tertiary/aromatic N) is 1. The molecular formula is C23H24N2O2S. The normalized spacial score (nSPS) is 23.8. The first-order chi connectivity index (χ1) is 13.1. The summed E-state index contributed by atoms with van der Waals surface area (Å²) in [7, 11) is -3.43. The molecule has 0 fully saturated rings. The van der Waals surface area contributed by atoms with E-state index in [1.807, 2.05) is 26.0 Å². The average molecular weight is 393 g/mol. The summed E-state index contributed by atoms with van der Waals surface area (Å²) in [6.45, 7) is 6.92. The van der Waals surface area contributed by atoms with Gasteiger partial charge in [0.05, 0.1) is 11.3 Å². The molecule has 2 N–H and O–H groups in total. The molecule has 28 heavy (non-hydrogen) atoms. The van der Waals surface area contributed by atoms with Crippen LogP contribution in [-0.2, 0) is 21.8 Å². The third-order valence-corrected chi connectivity index (χ3v) is 8.72. The van der Waals surface area contributed by atoms with Gasteiger partial charge in [0.1, 0.15) is 10.6 Å². The third-order valence-electron chi connectivity index (χ3n) is 6.01. The topological polar surface area (TPSA) is 72.5 Å². The summed E-state index contributed by atoms with van der Waals surface area (Å²) < 4.78 is 24.6. The lowest BCUT2D eigenvalue weighted by Crippen LogP contribution is -2.54. The van der Waals surface area contributed by atoms with Gasteiger partial charge in [0.15, 0.2) is 9.84 Å². The molecule has 4 nitrogen and oxygen atoms in total. The second-order valence-corrected chi connectivity index (χ2v) is 10.9. The fourth-order valence-electron chi connectivity index (χ4n) is 4.02. The number of rotatable bonds is 1. The summed E-state index contributed by atoms with van der Waals surface area (Å²) in [6, 6.07) is 12.4.